The molecule has 0 atom stereocenters. The first-order valence-electron chi connectivity index (χ1n) is 16.9. The predicted octanol–water partition coefficient (Wildman–Crippen LogP) is 13.2. The van der Waals surface area contributed by atoms with E-state index in [1.807, 2.05) is 12.3 Å². The average molecular weight is 639 g/mol. The molecule has 2 heterocycles. The Labute approximate surface area is 289 Å². The van der Waals surface area contributed by atoms with Crippen LogP contribution in [0.1, 0.15) is 0 Å². The number of furan rings is 1. The third kappa shape index (κ3) is 4.56. The number of benzene rings is 8. The van der Waals surface area contributed by atoms with Crippen LogP contribution in [0, 0.1) is 0 Å². The SMILES string of the molecule is c1ccc(-c2ccc(N(c3ccc(-c4cc5ccccc5c5ccc6ccccc6c45)cc3)c3cccc4c3oc3ccncc34)cc2)cc1. The number of fused-ring (bicyclic) bond motifs is 8. The van der Waals surface area contributed by atoms with E-state index in [2.05, 4.69) is 174 Å². The van der Waals surface area contributed by atoms with Gasteiger partial charge in [-0.2, -0.15) is 0 Å². The van der Waals surface area contributed by atoms with Crippen LogP contribution in [0.2, 0.25) is 0 Å². The minimum atomic E-state index is 0.826. The van der Waals surface area contributed by atoms with Gasteiger partial charge in [-0.3, -0.25) is 4.98 Å². The fourth-order valence-corrected chi connectivity index (χ4v) is 7.56. The highest BCUT2D eigenvalue weighted by Gasteiger charge is 2.20. The van der Waals surface area contributed by atoms with Crippen LogP contribution in [0.15, 0.2) is 187 Å². The second-order valence-electron chi connectivity index (χ2n) is 12.8. The Balaban J connectivity index is 1.16. The molecule has 0 spiro atoms. The summed E-state index contributed by atoms with van der Waals surface area (Å²) in [5.41, 5.74) is 9.49. The predicted molar refractivity (Wildman–Crippen MR) is 210 cm³/mol. The third-order valence-electron chi connectivity index (χ3n) is 9.94. The molecule has 0 aliphatic rings. The van der Waals surface area contributed by atoms with E-state index in [1.54, 1.807) is 6.20 Å². The Kier molecular flexibility index (Phi) is 6.49. The van der Waals surface area contributed by atoms with Gasteiger partial charge in [-0.1, -0.05) is 127 Å². The lowest BCUT2D eigenvalue weighted by Crippen LogP contribution is -2.10. The summed E-state index contributed by atoms with van der Waals surface area (Å²) < 4.78 is 6.54. The number of nitrogens with zero attached hydrogens (tertiary/aromatic N) is 2. The van der Waals surface area contributed by atoms with E-state index < -0.39 is 0 Å². The van der Waals surface area contributed by atoms with Crippen LogP contribution < -0.4 is 4.90 Å². The molecule has 0 aliphatic heterocycles. The maximum atomic E-state index is 6.54. The molecule has 0 bridgehead atoms. The molecule has 10 rings (SSSR count). The van der Waals surface area contributed by atoms with E-state index in [1.165, 1.54) is 54.6 Å². The molecule has 8 aromatic carbocycles. The van der Waals surface area contributed by atoms with E-state index in [4.69, 9.17) is 4.42 Å². The number of hydrogen-bond donors (Lipinski definition) is 0. The topological polar surface area (TPSA) is 29.3 Å². The molecule has 50 heavy (non-hydrogen) atoms. The maximum absolute atomic E-state index is 6.54. The number of hydrogen-bond acceptors (Lipinski definition) is 3. The molecule has 0 aliphatic carbocycles. The molecule has 234 valence electrons. The van der Waals surface area contributed by atoms with Crippen molar-refractivity contribution in [3.8, 4) is 22.3 Å². The summed E-state index contributed by atoms with van der Waals surface area (Å²) in [4.78, 5) is 6.69. The molecule has 3 heteroatoms. The molecular formula is C47H30N2O. The van der Waals surface area contributed by atoms with Crippen LogP contribution in [0.5, 0.6) is 0 Å². The second kappa shape index (κ2) is 11.5. The molecule has 0 amide bonds. The minimum Gasteiger partial charge on any atom is -0.454 e. The zero-order valence-corrected chi connectivity index (χ0v) is 27.1. The van der Waals surface area contributed by atoms with Gasteiger partial charge in [0.2, 0.25) is 0 Å². The second-order valence-corrected chi connectivity index (χ2v) is 12.8. The number of anilines is 3. The van der Waals surface area contributed by atoms with Crippen LogP contribution in [0.25, 0.3) is 76.5 Å². The van der Waals surface area contributed by atoms with Gasteiger partial charge in [0.25, 0.3) is 0 Å². The van der Waals surface area contributed by atoms with Gasteiger partial charge in [0.15, 0.2) is 5.58 Å². The Morgan fingerprint density at radius 1 is 0.440 bits per heavy atom. The van der Waals surface area contributed by atoms with Crippen molar-refractivity contribution in [1.82, 2.24) is 4.98 Å². The molecule has 3 nitrogen and oxygen atoms in total. The standard InChI is InChI=1S/C47H30N2O/c1-2-9-31(10-3-1)32-17-22-36(23-18-32)49(44-16-8-15-41-43-30-48-28-27-45(43)50-47(41)44)37-24-19-34(20-25-37)42-29-35-12-5-6-13-38(35)40-26-21-33-11-4-7-14-39(33)46(40)42/h1-30H. The maximum Gasteiger partial charge on any atom is 0.159 e. The number of pyridine rings is 1. The molecule has 0 unspecified atom stereocenters. The summed E-state index contributed by atoms with van der Waals surface area (Å²) in [6, 6.07) is 60.8. The zero-order valence-electron chi connectivity index (χ0n) is 27.1. The van der Waals surface area contributed by atoms with Crippen molar-refractivity contribution in [2.24, 2.45) is 0 Å². The smallest absolute Gasteiger partial charge is 0.159 e. The van der Waals surface area contributed by atoms with Crippen molar-refractivity contribution >= 4 is 71.3 Å². The van der Waals surface area contributed by atoms with Gasteiger partial charge in [-0.05, 0) is 97.0 Å². The number of aromatic nitrogens is 1. The molecule has 0 saturated heterocycles. The van der Waals surface area contributed by atoms with Crippen LogP contribution in [0.4, 0.5) is 17.1 Å². The largest absolute Gasteiger partial charge is 0.454 e. The Morgan fingerprint density at radius 3 is 1.90 bits per heavy atom. The van der Waals surface area contributed by atoms with Crippen LogP contribution >= 0.6 is 0 Å². The summed E-state index contributed by atoms with van der Waals surface area (Å²) in [5.74, 6) is 0. The molecular weight excluding hydrogens is 609 g/mol. The number of rotatable bonds is 5. The lowest BCUT2D eigenvalue weighted by atomic mass is 9.90. The monoisotopic (exact) mass is 638 g/mol. The summed E-state index contributed by atoms with van der Waals surface area (Å²) in [5, 5.41) is 9.62. The Hall–Kier alpha value is -6.71. The van der Waals surface area contributed by atoms with Crippen LogP contribution in [-0.2, 0) is 0 Å². The first kappa shape index (κ1) is 28.3. The quantitative estimate of drug-likeness (QED) is 0.176. The van der Waals surface area contributed by atoms with E-state index in [-0.39, 0.29) is 0 Å². The van der Waals surface area contributed by atoms with Crippen LogP contribution in [-0.4, -0.2) is 4.98 Å². The van der Waals surface area contributed by atoms with Crippen molar-refractivity contribution in [1.29, 1.82) is 0 Å². The van der Waals surface area contributed by atoms with Gasteiger partial charge in [-0.15, -0.1) is 0 Å². The van der Waals surface area contributed by atoms with Crippen LogP contribution in [0.3, 0.4) is 0 Å². The molecule has 2 aromatic heterocycles. The summed E-state index contributed by atoms with van der Waals surface area (Å²) in [6.07, 6.45) is 3.67. The normalized spacial score (nSPS) is 11.6. The summed E-state index contributed by atoms with van der Waals surface area (Å²) in [6.45, 7) is 0. The summed E-state index contributed by atoms with van der Waals surface area (Å²) in [7, 11) is 0. The Bertz CT molecular complexity index is 2850. The van der Waals surface area contributed by atoms with Crippen molar-refractivity contribution in [3.05, 3.63) is 182 Å². The highest BCUT2D eigenvalue weighted by Crippen LogP contribution is 2.44. The average Bonchev–Trinajstić information content (AvgIpc) is 3.58. The molecule has 10 aromatic rings. The fraction of sp³-hybridized carbons (Fsp3) is 0. The molecule has 0 N–H and O–H groups in total. The van der Waals surface area contributed by atoms with Crippen molar-refractivity contribution < 1.29 is 4.42 Å². The van der Waals surface area contributed by atoms with Crippen molar-refractivity contribution in [2.45, 2.75) is 0 Å². The van der Waals surface area contributed by atoms with Gasteiger partial charge in [0.1, 0.15) is 5.58 Å². The van der Waals surface area contributed by atoms with E-state index in [0.717, 1.165) is 39.0 Å². The number of para-hydroxylation sites is 1. The zero-order chi connectivity index (χ0) is 33.0. The minimum absolute atomic E-state index is 0.826. The van der Waals surface area contributed by atoms with Gasteiger partial charge < -0.3 is 9.32 Å². The third-order valence-corrected chi connectivity index (χ3v) is 9.94. The first-order chi connectivity index (χ1) is 24.8. The first-order valence-corrected chi connectivity index (χ1v) is 16.9. The van der Waals surface area contributed by atoms with Gasteiger partial charge in [0, 0.05) is 34.5 Å². The van der Waals surface area contributed by atoms with Gasteiger partial charge in [0.05, 0.1) is 5.69 Å². The highest BCUT2D eigenvalue weighted by atomic mass is 16.3. The molecule has 0 fully saturated rings. The molecule has 0 saturated carbocycles. The van der Waals surface area contributed by atoms with Gasteiger partial charge >= 0.3 is 0 Å². The van der Waals surface area contributed by atoms with Gasteiger partial charge in [-0.25, -0.2) is 0 Å². The lowest BCUT2D eigenvalue weighted by molar-refractivity contribution is 0.668. The van der Waals surface area contributed by atoms with Crippen molar-refractivity contribution in [3.63, 3.8) is 0 Å². The molecule has 0 radical (unpaired) electrons. The van der Waals surface area contributed by atoms with E-state index in [0.29, 0.717) is 0 Å². The fourth-order valence-electron chi connectivity index (χ4n) is 7.56. The van der Waals surface area contributed by atoms with E-state index in [9.17, 15) is 0 Å². The Morgan fingerprint density at radius 2 is 1.10 bits per heavy atom. The van der Waals surface area contributed by atoms with E-state index >= 15 is 0 Å². The lowest BCUT2D eigenvalue weighted by Gasteiger charge is -2.26. The van der Waals surface area contributed by atoms with Crippen molar-refractivity contribution in [2.75, 3.05) is 4.90 Å². The highest BCUT2D eigenvalue weighted by molar-refractivity contribution is 6.23. The summed E-state index contributed by atoms with van der Waals surface area (Å²) >= 11 is 0.